The summed E-state index contributed by atoms with van der Waals surface area (Å²) in [5.41, 5.74) is 0.447. The molecule has 1 aliphatic rings. The summed E-state index contributed by atoms with van der Waals surface area (Å²) in [7, 11) is 0. The first-order chi connectivity index (χ1) is 8.17. The first-order valence-corrected chi connectivity index (χ1v) is 8.31. The first kappa shape index (κ1) is 13.6. The highest BCUT2D eigenvalue weighted by Gasteiger charge is 2.38. The van der Waals surface area contributed by atoms with E-state index in [1.54, 1.807) is 0 Å². The van der Waals surface area contributed by atoms with E-state index >= 15 is 0 Å². The highest BCUT2D eigenvalue weighted by Crippen LogP contribution is 2.49. The van der Waals surface area contributed by atoms with E-state index in [1.807, 2.05) is 11.3 Å². The van der Waals surface area contributed by atoms with Crippen LogP contribution in [0.3, 0.4) is 0 Å². The second-order valence-corrected chi connectivity index (χ2v) is 7.18. The lowest BCUT2D eigenvalue weighted by Gasteiger charge is -2.34. The lowest BCUT2D eigenvalue weighted by molar-refractivity contribution is 0.226. The molecule has 1 aromatic heterocycles. The minimum atomic E-state index is 0.447. The van der Waals surface area contributed by atoms with E-state index in [0.717, 1.165) is 6.54 Å². The second-order valence-electron chi connectivity index (χ2n) is 5.38. The third-order valence-corrected chi connectivity index (χ3v) is 5.88. The Balaban J connectivity index is 2.21. The standard InChI is InChI=1S/C14H22BrNS/c1-3-9-16-13(12-11(15)6-10-17-12)14(2)7-4-5-8-14/h6,10,13,16H,3-5,7-9H2,1-2H3. The van der Waals surface area contributed by atoms with Crippen LogP contribution in [0.5, 0.6) is 0 Å². The Morgan fingerprint density at radius 3 is 2.71 bits per heavy atom. The molecule has 2 rings (SSSR count). The second kappa shape index (κ2) is 5.85. The van der Waals surface area contributed by atoms with Gasteiger partial charge in [-0.25, -0.2) is 0 Å². The molecule has 1 aliphatic carbocycles. The Morgan fingerprint density at radius 1 is 1.47 bits per heavy atom. The third kappa shape index (κ3) is 2.94. The number of thiophene rings is 1. The molecule has 0 saturated heterocycles. The van der Waals surface area contributed by atoms with Crippen LogP contribution >= 0.6 is 27.3 Å². The van der Waals surface area contributed by atoms with Crippen molar-refractivity contribution in [2.45, 2.75) is 52.0 Å². The Labute approximate surface area is 117 Å². The predicted octanol–water partition coefficient (Wildman–Crippen LogP) is 5.13. The highest BCUT2D eigenvalue weighted by molar-refractivity contribution is 9.10. The van der Waals surface area contributed by atoms with Crippen LogP contribution in [0.2, 0.25) is 0 Å². The van der Waals surface area contributed by atoms with Gasteiger partial charge in [0.15, 0.2) is 0 Å². The number of nitrogens with one attached hydrogen (secondary N) is 1. The van der Waals surface area contributed by atoms with Crippen LogP contribution in [0.4, 0.5) is 0 Å². The molecule has 96 valence electrons. The predicted molar refractivity (Wildman–Crippen MR) is 79.6 cm³/mol. The number of halogens is 1. The molecule has 17 heavy (non-hydrogen) atoms. The molecule has 0 bridgehead atoms. The molecule has 0 spiro atoms. The SMILES string of the molecule is CCCNC(c1sccc1Br)C1(C)CCCC1. The maximum atomic E-state index is 3.78. The Kier molecular flexibility index (Phi) is 4.67. The maximum Gasteiger partial charge on any atom is 0.0480 e. The van der Waals surface area contributed by atoms with Crippen LogP contribution in [0, 0.1) is 5.41 Å². The molecule has 1 N–H and O–H groups in total. The summed E-state index contributed by atoms with van der Waals surface area (Å²) in [4.78, 5) is 1.49. The van der Waals surface area contributed by atoms with E-state index in [2.05, 4.69) is 46.5 Å². The molecule has 1 nitrogen and oxygen atoms in total. The van der Waals surface area contributed by atoms with Crippen molar-refractivity contribution >= 4 is 27.3 Å². The molecule has 1 unspecified atom stereocenters. The van der Waals surface area contributed by atoms with Gasteiger partial charge < -0.3 is 5.32 Å². The van der Waals surface area contributed by atoms with Crippen molar-refractivity contribution in [3.8, 4) is 0 Å². The van der Waals surface area contributed by atoms with Gasteiger partial charge in [0, 0.05) is 15.4 Å². The van der Waals surface area contributed by atoms with E-state index in [4.69, 9.17) is 0 Å². The van der Waals surface area contributed by atoms with Gasteiger partial charge in [-0.05, 0) is 58.6 Å². The average molecular weight is 316 g/mol. The zero-order valence-electron chi connectivity index (χ0n) is 10.8. The average Bonchev–Trinajstić information content (AvgIpc) is 2.90. The van der Waals surface area contributed by atoms with Gasteiger partial charge in [0.2, 0.25) is 0 Å². The molecule has 3 heteroatoms. The lowest BCUT2D eigenvalue weighted by Crippen LogP contribution is -2.34. The van der Waals surface area contributed by atoms with E-state index in [1.165, 1.54) is 41.5 Å². The van der Waals surface area contributed by atoms with Gasteiger partial charge in [0.05, 0.1) is 0 Å². The Hall–Kier alpha value is 0.140. The quantitative estimate of drug-likeness (QED) is 0.794. The van der Waals surface area contributed by atoms with E-state index < -0.39 is 0 Å². The van der Waals surface area contributed by atoms with Gasteiger partial charge in [-0.15, -0.1) is 11.3 Å². The Morgan fingerprint density at radius 2 is 2.18 bits per heavy atom. The van der Waals surface area contributed by atoms with E-state index in [9.17, 15) is 0 Å². The topological polar surface area (TPSA) is 12.0 Å². The first-order valence-electron chi connectivity index (χ1n) is 6.63. The van der Waals surface area contributed by atoms with Crippen LogP contribution in [0.1, 0.15) is 56.9 Å². The molecule has 1 atom stereocenters. The Bertz CT molecular complexity index is 355. The molecule has 1 saturated carbocycles. The van der Waals surface area contributed by atoms with E-state index in [-0.39, 0.29) is 0 Å². The molecule has 1 fully saturated rings. The summed E-state index contributed by atoms with van der Waals surface area (Å²) in [6.45, 7) is 5.81. The molecule has 0 amide bonds. The van der Waals surface area contributed by atoms with Crippen molar-refractivity contribution in [2.24, 2.45) is 5.41 Å². The van der Waals surface area contributed by atoms with Crippen molar-refractivity contribution in [2.75, 3.05) is 6.54 Å². The molecule has 1 heterocycles. The molecule has 0 aromatic carbocycles. The minimum Gasteiger partial charge on any atom is -0.309 e. The summed E-state index contributed by atoms with van der Waals surface area (Å²) in [6.07, 6.45) is 6.71. The number of hydrogen-bond donors (Lipinski definition) is 1. The van der Waals surface area contributed by atoms with Crippen molar-refractivity contribution < 1.29 is 0 Å². The third-order valence-electron chi connectivity index (χ3n) is 3.95. The number of hydrogen-bond acceptors (Lipinski definition) is 2. The van der Waals surface area contributed by atoms with Crippen LogP contribution in [0.15, 0.2) is 15.9 Å². The molecule has 1 aromatic rings. The zero-order chi connectivity index (χ0) is 12.3. The summed E-state index contributed by atoms with van der Waals surface area (Å²) in [5.74, 6) is 0. The zero-order valence-corrected chi connectivity index (χ0v) is 13.2. The van der Waals surface area contributed by atoms with Crippen LogP contribution in [-0.4, -0.2) is 6.54 Å². The highest BCUT2D eigenvalue weighted by atomic mass is 79.9. The normalized spacial score (nSPS) is 20.6. The minimum absolute atomic E-state index is 0.447. The monoisotopic (exact) mass is 315 g/mol. The van der Waals surface area contributed by atoms with Crippen molar-refractivity contribution in [1.29, 1.82) is 0 Å². The van der Waals surface area contributed by atoms with Crippen LogP contribution < -0.4 is 5.32 Å². The molecule has 0 radical (unpaired) electrons. The van der Waals surface area contributed by atoms with Crippen LogP contribution in [-0.2, 0) is 0 Å². The van der Waals surface area contributed by atoms with Gasteiger partial charge in [0.25, 0.3) is 0 Å². The fourth-order valence-corrected chi connectivity index (χ4v) is 4.78. The summed E-state index contributed by atoms with van der Waals surface area (Å²) < 4.78 is 1.28. The summed E-state index contributed by atoms with van der Waals surface area (Å²) in [6, 6.07) is 2.71. The molecule has 0 aliphatic heterocycles. The summed E-state index contributed by atoms with van der Waals surface area (Å²) in [5, 5.41) is 5.97. The molecular weight excluding hydrogens is 294 g/mol. The lowest BCUT2D eigenvalue weighted by atomic mass is 9.80. The van der Waals surface area contributed by atoms with Gasteiger partial charge in [-0.3, -0.25) is 0 Å². The maximum absolute atomic E-state index is 3.78. The van der Waals surface area contributed by atoms with Crippen molar-refractivity contribution in [1.82, 2.24) is 5.32 Å². The van der Waals surface area contributed by atoms with Gasteiger partial charge in [0.1, 0.15) is 0 Å². The fourth-order valence-electron chi connectivity index (χ4n) is 2.93. The van der Waals surface area contributed by atoms with Crippen molar-refractivity contribution in [3.63, 3.8) is 0 Å². The van der Waals surface area contributed by atoms with Gasteiger partial charge in [-0.1, -0.05) is 26.7 Å². The number of rotatable bonds is 5. The van der Waals surface area contributed by atoms with Gasteiger partial charge in [-0.2, -0.15) is 0 Å². The van der Waals surface area contributed by atoms with E-state index in [0.29, 0.717) is 11.5 Å². The smallest absolute Gasteiger partial charge is 0.0480 e. The fraction of sp³-hybridized carbons (Fsp3) is 0.714. The largest absolute Gasteiger partial charge is 0.309 e. The van der Waals surface area contributed by atoms with Gasteiger partial charge >= 0.3 is 0 Å². The molecular formula is C14H22BrNS. The summed E-state index contributed by atoms with van der Waals surface area (Å²) >= 11 is 5.58. The van der Waals surface area contributed by atoms with Crippen LogP contribution in [0.25, 0.3) is 0 Å². The van der Waals surface area contributed by atoms with Crippen molar-refractivity contribution in [3.05, 3.63) is 20.8 Å².